The Morgan fingerprint density at radius 3 is 2.23 bits per heavy atom. The highest BCUT2D eigenvalue weighted by molar-refractivity contribution is 5.94. The first-order chi connectivity index (χ1) is 14.4. The number of Topliss-reactive ketones (excluding diaryl/α,β-unsaturated/α-hetero) is 1. The number of ketones is 1. The highest BCUT2D eigenvalue weighted by Gasteiger charge is 2.15. The molecule has 154 valence electrons. The summed E-state index contributed by atoms with van der Waals surface area (Å²) in [6.45, 7) is 1.62. The van der Waals surface area contributed by atoms with Crippen LogP contribution in [0.4, 0.5) is 5.69 Å². The Balaban J connectivity index is 1.97. The number of non-ortho nitro benzene ring substituents is 1. The summed E-state index contributed by atoms with van der Waals surface area (Å²) in [6, 6.07) is 16.7. The number of carbonyl (C=O) groups excluding carboxylic acids is 1. The van der Waals surface area contributed by atoms with Crippen LogP contribution in [0.5, 0.6) is 17.2 Å². The average Bonchev–Trinajstić information content (AvgIpc) is 2.77. The second-order valence-electron chi connectivity index (χ2n) is 6.54. The summed E-state index contributed by atoms with van der Waals surface area (Å²) in [7, 11) is 3.11. The van der Waals surface area contributed by atoms with E-state index in [-0.39, 0.29) is 18.1 Å². The SMILES string of the molecule is COc1ccc(-c2cc([N+](=O)[O-])ccc2OCc2cc(C(C)=O)ccc2OC)cc1. The van der Waals surface area contributed by atoms with E-state index in [1.165, 1.54) is 19.1 Å². The molecule has 0 spiro atoms. The number of nitro groups is 1. The largest absolute Gasteiger partial charge is 0.497 e. The van der Waals surface area contributed by atoms with Crippen LogP contribution in [0.25, 0.3) is 11.1 Å². The van der Waals surface area contributed by atoms with Gasteiger partial charge in [0.2, 0.25) is 0 Å². The smallest absolute Gasteiger partial charge is 0.270 e. The molecule has 3 aromatic rings. The Hall–Kier alpha value is -3.87. The zero-order valence-corrected chi connectivity index (χ0v) is 16.9. The minimum atomic E-state index is -0.448. The number of carbonyl (C=O) groups is 1. The van der Waals surface area contributed by atoms with Crippen LogP contribution < -0.4 is 14.2 Å². The molecule has 0 aliphatic carbocycles. The van der Waals surface area contributed by atoms with Crippen molar-refractivity contribution in [1.82, 2.24) is 0 Å². The molecule has 0 radical (unpaired) electrons. The molecule has 0 amide bonds. The summed E-state index contributed by atoms with van der Waals surface area (Å²) < 4.78 is 16.5. The first kappa shape index (κ1) is 20.9. The number of nitro benzene ring substituents is 1. The van der Waals surface area contributed by atoms with E-state index < -0.39 is 4.92 Å². The molecule has 0 heterocycles. The highest BCUT2D eigenvalue weighted by Crippen LogP contribution is 2.35. The Morgan fingerprint density at radius 2 is 1.63 bits per heavy atom. The van der Waals surface area contributed by atoms with E-state index in [4.69, 9.17) is 14.2 Å². The molecular formula is C23H21NO6. The molecule has 3 aromatic carbocycles. The molecule has 7 heteroatoms. The van der Waals surface area contributed by atoms with Crippen LogP contribution in [0.2, 0.25) is 0 Å². The molecule has 30 heavy (non-hydrogen) atoms. The highest BCUT2D eigenvalue weighted by atomic mass is 16.6. The van der Waals surface area contributed by atoms with Gasteiger partial charge in [-0.05, 0) is 48.9 Å². The van der Waals surface area contributed by atoms with Gasteiger partial charge in [0.1, 0.15) is 23.9 Å². The Bertz CT molecular complexity index is 1080. The number of nitrogens with zero attached hydrogens (tertiary/aromatic N) is 1. The third-order valence-electron chi connectivity index (χ3n) is 4.65. The zero-order chi connectivity index (χ0) is 21.7. The number of ether oxygens (including phenoxy) is 3. The predicted molar refractivity (Wildman–Crippen MR) is 112 cm³/mol. The van der Waals surface area contributed by atoms with E-state index in [0.717, 1.165) is 5.56 Å². The number of methoxy groups -OCH3 is 2. The second-order valence-corrected chi connectivity index (χ2v) is 6.54. The first-order valence-corrected chi connectivity index (χ1v) is 9.16. The van der Waals surface area contributed by atoms with Gasteiger partial charge in [0, 0.05) is 28.8 Å². The van der Waals surface area contributed by atoms with Gasteiger partial charge < -0.3 is 14.2 Å². The summed E-state index contributed by atoms with van der Waals surface area (Å²) >= 11 is 0. The maximum Gasteiger partial charge on any atom is 0.270 e. The monoisotopic (exact) mass is 407 g/mol. The van der Waals surface area contributed by atoms with Crippen molar-refractivity contribution >= 4 is 11.5 Å². The summed E-state index contributed by atoms with van der Waals surface area (Å²) in [5.41, 5.74) is 2.54. The average molecular weight is 407 g/mol. The van der Waals surface area contributed by atoms with Crippen molar-refractivity contribution in [1.29, 1.82) is 0 Å². The molecule has 0 bridgehead atoms. The van der Waals surface area contributed by atoms with Crippen molar-refractivity contribution in [3.05, 3.63) is 81.9 Å². The van der Waals surface area contributed by atoms with Crippen LogP contribution in [0.15, 0.2) is 60.7 Å². The normalized spacial score (nSPS) is 10.4. The summed E-state index contributed by atoms with van der Waals surface area (Å²) in [5.74, 6) is 1.68. The van der Waals surface area contributed by atoms with Gasteiger partial charge in [0.05, 0.1) is 19.1 Å². The van der Waals surface area contributed by atoms with E-state index in [1.807, 2.05) is 12.1 Å². The van der Waals surface area contributed by atoms with Crippen LogP contribution in [-0.4, -0.2) is 24.9 Å². The maximum absolute atomic E-state index is 11.7. The van der Waals surface area contributed by atoms with Crippen molar-refractivity contribution in [2.45, 2.75) is 13.5 Å². The summed E-state index contributed by atoms with van der Waals surface area (Å²) in [4.78, 5) is 22.5. The standard InChI is InChI=1S/C23H21NO6/c1-15(25)17-6-10-22(29-3)18(12-17)14-30-23-11-7-19(24(26)27)13-21(23)16-4-8-20(28-2)9-5-16/h4-13H,14H2,1-3H3. The first-order valence-electron chi connectivity index (χ1n) is 9.16. The lowest BCUT2D eigenvalue weighted by Gasteiger charge is -2.14. The van der Waals surface area contributed by atoms with E-state index >= 15 is 0 Å². The lowest BCUT2D eigenvalue weighted by Crippen LogP contribution is -2.03. The van der Waals surface area contributed by atoms with Crippen molar-refractivity contribution in [3.8, 4) is 28.4 Å². The fourth-order valence-corrected chi connectivity index (χ4v) is 3.02. The Kier molecular flexibility index (Phi) is 6.32. The molecule has 0 aliphatic rings. The van der Waals surface area contributed by atoms with E-state index in [0.29, 0.717) is 33.9 Å². The van der Waals surface area contributed by atoms with Gasteiger partial charge in [-0.25, -0.2) is 0 Å². The third kappa shape index (κ3) is 4.57. The molecule has 0 aliphatic heterocycles. The number of hydrogen-bond acceptors (Lipinski definition) is 6. The molecule has 3 rings (SSSR count). The van der Waals surface area contributed by atoms with Gasteiger partial charge in [-0.3, -0.25) is 14.9 Å². The van der Waals surface area contributed by atoms with Crippen molar-refractivity contribution in [3.63, 3.8) is 0 Å². The minimum Gasteiger partial charge on any atom is -0.497 e. The quantitative estimate of drug-likeness (QED) is 0.295. The van der Waals surface area contributed by atoms with Gasteiger partial charge in [0.15, 0.2) is 5.78 Å². The van der Waals surface area contributed by atoms with Crippen molar-refractivity contribution < 1.29 is 23.9 Å². The Labute approximate surface area is 174 Å². The van der Waals surface area contributed by atoms with Gasteiger partial charge in [-0.1, -0.05) is 12.1 Å². The molecule has 0 aromatic heterocycles. The molecule has 0 saturated carbocycles. The third-order valence-corrected chi connectivity index (χ3v) is 4.65. The molecule has 0 unspecified atom stereocenters. The number of hydrogen-bond donors (Lipinski definition) is 0. The van der Waals surface area contributed by atoms with Crippen LogP contribution in [0, 0.1) is 10.1 Å². The summed E-state index contributed by atoms with van der Waals surface area (Å²) in [5, 5.41) is 11.3. The Morgan fingerprint density at radius 1 is 0.933 bits per heavy atom. The van der Waals surface area contributed by atoms with Crippen LogP contribution in [0.3, 0.4) is 0 Å². The van der Waals surface area contributed by atoms with Crippen LogP contribution in [-0.2, 0) is 6.61 Å². The van der Waals surface area contributed by atoms with Gasteiger partial charge in [0.25, 0.3) is 5.69 Å². The molecular weight excluding hydrogens is 386 g/mol. The number of rotatable bonds is 8. The number of benzene rings is 3. The molecule has 7 nitrogen and oxygen atoms in total. The molecule has 0 N–H and O–H groups in total. The lowest BCUT2D eigenvalue weighted by atomic mass is 10.0. The van der Waals surface area contributed by atoms with Crippen molar-refractivity contribution in [2.75, 3.05) is 14.2 Å². The topological polar surface area (TPSA) is 87.9 Å². The molecule has 0 saturated heterocycles. The minimum absolute atomic E-state index is 0.0377. The van der Waals surface area contributed by atoms with Gasteiger partial charge in [-0.15, -0.1) is 0 Å². The van der Waals surface area contributed by atoms with E-state index in [1.54, 1.807) is 50.6 Å². The fraction of sp³-hybridized carbons (Fsp3) is 0.174. The molecule has 0 atom stereocenters. The van der Waals surface area contributed by atoms with Crippen LogP contribution in [0.1, 0.15) is 22.8 Å². The van der Waals surface area contributed by atoms with Crippen molar-refractivity contribution in [2.24, 2.45) is 0 Å². The lowest BCUT2D eigenvalue weighted by molar-refractivity contribution is -0.384. The van der Waals surface area contributed by atoms with Gasteiger partial charge in [-0.2, -0.15) is 0 Å². The molecule has 0 fully saturated rings. The summed E-state index contributed by atoms with van der Waals surface area (Å²) in [6.07, 6.45) is 0. The van der Waals surface area contributed by atoms with Crippen LogP contribution >= 0.6 is 0 Å². The zero-order valence-electron chi connectivity index (χ0n) is 16.9. The maximum atomic E-state index is 11.7. The van der Waals surface area contributed by atoms with E-state index in [2.05, 4.69) is 0 Å². The van der Waals surface area contributed by atoms with E-state index in [9.17, 15) is 14.9 Å². The predicted octanol–water partition coefficient (Wildman–Crippen LogP) is 5.06. The van der Waals surface area contributed by atoms with Gasteiger partial charge >= 0.3 is 0 Å². The fourth-order valence-electron chi connectivity index (χ4n) is 3.02. The second kappa shape index (κ2) is 9.09.